The van der Waals surface area contributed by atoms with Crippen molar-refractivity contribution in [3.05, 3.63) is 46.5 Å². The van der Waals surface area contributed by atoms with E-state index in [9.17, 15) is 10.1 Å². The maximum atomic E-state index is 10.6. The molecule has 102 valence electrons. The molecule has 3 heteroatoms. The summed E-state index contributed by atoms with van der Waals surface area (Å²) < 4.78 is 0. The van der Waals surface area contributed by atoms with Gasteiger partial charge in [0.1, 0.15) is 0 Å². The second-order valence-corrected chi connectivity index (χ2v) is 5.52. The van der Waals surface area contributed by atoms with Crippen molar-refractivity contribution < 1.29 is 4.92 Å². The number of nitro groups is 1. The molecular weight excluding hydrogens is 238 g/mol. The van der Waals surface area contributed by atoms with Gasteiger partial charge >= 0.3 is 0 Å². The van der Waals surface area contributed by atoms with Crippen molar-refractivity contribution in [1.29, 1.82) is 0 Å². The van der Waals surface area contributed by atoms with Crippen LogP contribution in [0.5, 0.6) is 0 Å². The van der Waals surface area contributed by atoms with Gasteiger partial charge in [0.05, 0.1) is 4.92 Å². The second-order valence-electron chi connectivity index (χ2n) is 5.52. The highest BCUT2D eigenvalue weighted by molar-refractivity contribution is 5.66. The average molecular weight is 259 g/mol. The van der Waals surface area contributed by atoms with Crippen molar-refractivity contribution in [2.75, 3.05) is 0 Å². The van der Waals surface area contributed by atoms with E-state index in [2.05, 4.69) is 13.5 Å². The van der Waals surface area contributed by atoms with Crippen LogP contribution >= 0.6 is 0 Å². The number of allylic oxidation sites excluding steroid dienone is 1. The zero-order chi connectivity index (χ0) is 13.8. The predicted molar refractivity (Wildman–Crippen MR) is 77.9 cm³/mol. The Hall–Kier alpha value is -1.64. The number of nitro benzene ring substituents is 1. The van der Waals surface area contributed by atoms with Crippen LogP contribution in [-0.4, -0.2) is 4.92 Å². The van der Waals surface area contributed by atoms with Crippen LogP contribution in [-0.2, 0) is 0 Å². The first-order valence-electron chi connectivity index (χ1n) is 7.03. The van der Waals surface area contributed by atoms with Gasteiger partial charge in [0.25, 0.3) is 5.69 Å². The van der Waals surface area contributed by atoms with Crippen molar-refractivity contribution in [2.45, 2.75) is 39.0 Å². The third kappa shape index (κ3) is 3.22. The molecular formula is C16H21NO2. The van der Waals surface area contributed by atoms with Gasteiger partial charge in [0.15, 0.2) is 0 Å². The molecule has 0 heterocycles. The van der Waals surface area contributed by atoms with E-state index in [1.165, 1.54) is 32.1 Å². The molecule has 0 radical (unpaired) electrons. The van der Waals surface area contributed by atoms with Gasteiger partial charge in [-0.2, -0.15) is 0 Å². The number of non-ortho nitro benzene ring substituents is 1. The van der Waals surface area contributed by atoms with Crippen LogP contribution in [0.25, 0.3) is 5.57 Å². The lowest BCUT2D eigenvalue weighted by atomic mass is 9.76. The number of rotatable bonds is 4. The molecule has 0 N–H and O–H groups in total. The minimum absolute atomic E-state index is 0.141. The van der Waals surface area contributed by atoms with E-state index in [1.54, 1.807) is 12.1 Å². The highest BCUT2D eigenvalue weighted by Crippen LogP contribution is 2.36. The lowest BCUT2D eigenvalue weighted by molar-refractivity contribution is -0.384. The van der Waals surface area contributed by atoms with E-state index in [-0.39, 0.29) is 10.6 Å². The van der Waals surface area contributed by atoms with Crippen molar-refractivity contribution in [3.63, 3.8) is 0 Å². The third-order valence-corrected chi connectivity index (χ3v) is 4.36. The van der Waals surface area contributed by atoms with Crippen LogP contribution < -0.4 is 0 Å². The molecule has 1 aliphatic carbocycles. The van der Waals surface area contributed by atoms with E-state index in [0.717, 1.165) is 17.1 Å². The SMILES string of the molecule is C=C(c1ccc([N+](=O)[O-])cc1)C(C)C1CCCCC1. The lowest BCUT2D eigenvalue weighted by Gasteiger charge is -2.29. The molecule has 1 saturated carbocycles. The Labute approximate surface area is 114 Å². The highest BCUT2D eigenvalue weighted by Gasteiger charge is 2.22. The zero-order valence-electron chi connectivity index (χ0n) is 11.5. The van der Waals surface area contributed by atoms with E-state index in [1.807, 2.05) is 12.1 Å². The van der Waals surface area contributed by atoms with Gasteiger partial charge < -0.3 is 0 Å². The first kappa shape index (κ1) is 13.8. The molecule has 0 spiro atoms. The summed E-state index contributed by atoms with van der Waals surface area (Å²) >= 11 is 0. The van der Waals surface area contributed by atoms with E-state index in [0.29, 0.717) is 5.92 Å². The minimum atomic E-state index is -0.364. The normalized spacial score (nSPS) is 17.9. The smallest absolute Gasteiger partial charge is 0.258 e. The van der Waals surface area contributed by atoms with Crippen molar-refractivity contribution in [1.82, 2.24) is 0 Å². The van der Waals surface area contributed by atoms with Gasteiger partial charge in [-0.15, -0.1) is 0 Å². The quantitative estimate of drug-likeness (QED) is 0.574. The summed E-state index contributed by atoms with van der Waals surface area (Å²) in [6.07, 6.45) is 6.57. The fourth-order valence-corrected chi connectivity index (χ4v) is 2.98. The largest absolute Gasteiger partial charge is 0.269 e. The van der Waals surface area contributed by atoms with Crippen LogP contribution in [0.2, 0.25) is 0 Å². The summed E-state index contributed by atoms with van der Waals surface area (Å²) in [4.78, 5) is 10.3. The number of benzene rings is 1. The van der Waals surface area contributed by atoms with E-state index >= 15 is 0 Å². The van der Waals surface area contributed by atoms with E-state index < -0.39 is 0 Å². The number of nitrogens with zero attached hydrogens (tertiary/aromatic N) is 1. The maximum Gasteiger partial charge on any atom is 0.269 e. The Balaban J connectivity index is 2.07. The predicted octanol–water partition coefficient (Wildman–Crippen LogP) is 4.82. The third-order valence-electron chi connectivity index (χ3n) is 4.36. The molecule has 1 fully saturated rings. The molecule has 1 aromatic carbocycles. The molecule has 2 rings (SSSR count). The molecule has 0 aliphatic heterocycles. The molecule has 0 bridgehead atoms. The summed E-state index contributed by atoms with van der Waals surface area (Å²) in [5.41, 5.74) is 2.28. The van der Waals surface area contributed by atoms with Crippen molar-refractivity contribution in [2.24, 2.45) is 11.8 Å². The molecule has 0 aromatic heterocycles. The van der Waals surface area contributed by atoms with Crippen molar-refractivity contribution >= 4 is 11.3 Å². The van der Waals surface area contributed by atoms with E-state index in [4.69, 9.17) is 0 Å². The Morgan fingerprint density at radius 2 is 1.84 bits per heavy atom. The molecule has 1 aromatic rings. The van der Waals surface area contributed by atoms with Crippen molar-refractivity contribution in [3.8, 4) is 0 Å². The molecule has 1 atom stereocenters. The monoisotopic (exact) mass is 259 g/mol. The summed E-state index contributed by atoms with van der Waals surface area (Å²) in [7, 11) is 0. The summed E-state index contributed by atoms with van der Waals surface area (Å²) in [6.45, 7) is 6.44. The standard InChI is InChI=1S/C16H21NO2/c1-12(14-6-4-3-5-7-14)13(2)15-8-10-16(11-9-15)17(18)19/h8-12,14H,2-7H2,1H3. The number of hydrogen-bond donors (Lipinski definition) is 0. The van der Waals surface area contributed by atoms with Gasteiger partial charge in [-0.1, -0.05) is 32.8 Å². The zero-order valence-corrected chi connectivity index (χ0v) is 11.5. The Kier molecular flexibility index (Phi) is 4.35. The van der Waals surface area contributed by atoms with Crippen LogP contribution in [0, 0.1) is 22.0 Å². The first-order chi connectivity index (χ1) is 9.09. The molecule has 19 heavy (non-hydrogen) atoms. The van der Waals surface area contributed by atoms with Gasteiger partial charge in [-0.05, 0) is 47.9 Å². The Morgan fingerprint density at radius 1 is 1.26 bits per heavy atom. The summed E-state index contributed by atoms with van der Waals surface area (Å²) in [5, 5.41) is 10.6. The average Bonchev–Trinajstić information content (AvgIpc) is 2.46. The molecule has 1 unspecified atom stereocenters. The second kappa shape index (κ2) is 6.00. The minimum Gasteiger partial charge on any atom is -0.258 e. The van der Waals surface area contributed by atoms with Gasteiger partial charge in [-0.25, -0.2) is 0 Å². The molecule has 1 aliphatic rings. The van der Waals surface area contributed by atoms with Crippen LogP contribution in [0.15, 0.2) is 30.8 Å². The summed E-state index contributed by atoms with van der Waals surface area (Å²) in [6, 6.07) is 6.77. The molecule has 0 amide bonds. The first-order valence-corrected chi connectivity index (χ1v) is 7.03. The van der Waals surface area contributed by atoms with Crippen LogP contribution in [0.3, 0.4) is 0 Å². The fraction of sp³-hybridized carbons (Fsp3) is 0.500. The Morgan fingerprint density at radius 3 is 2.37 bits per heavy atom. The lowest BCUT2D eigenvalue weighted by Crippen LogP contribution is -2.16. The topological polar surface area (TPSA) is 43.1 Å². The van der Waals surface area contributed by atoms with Gasteiger partial charge in [0, 0.05) is 12.1 Å². The van der Waals surface area contributed by atoms with Gasteiger partial charge in [0.2, 0.25) is 0 Å². The summed E-state index contributed by atoms with van der Waals surface area (Å²) in [5.74, 6) is 1.18. The van der Waals surface area contributed by atoms with Gasteiger partial charge in [-0.3, -0.25) is 10.1 Å². The Bertz CT molecular complexity index is 458. The maximum absolute atomic E-state index is 10.6. The molecule has 3 nitrogen and oxygen atoms in total. The fourth-order valence-electron chi connectivity index (χ4n) is 2.98. The molecule has 0 saturated heterocycles. The van der Waals surface area contributed by atoms with Crippen LogP contribution in [0.4, 0.5) is 5.69 Å². The highest BCUT2D eigenvalue weighted by atomic mass is 16.6. The number of hydrogen-bond acceptors (Lipinski definition) is 2. The van der Waals surface area contributed by atoms with Crippen LogP contribution in [0.1, 0.15) is 44.6 Å².